The Labute approximate surface area is 380 Å². The van der Waals surface area contributed by atoms with Gasteiger partial charge in [-0.1, -0.05) is 90.5 Å². The van der Waals surface area contributed by atoms with Crippen LogP contribution in [0, 0.1) is 6.92 Å². The average Bonchev–Trinajstić information content (AvgIpc) is 3.25. The number of esters is 1. The summed E-state index contributed by atoms with van der Waals surface area (Å²) in [5, 5.41) is 10.4. The van der Waals surface area contributed by atoms with Gasteiger partial charge in [0.2, 0.25) is 23.7 Å². The molecule has 18 heteroatoms. The Morgan fingerprint density at radius 2 is 1.25 bits per heavy atom. The van der Waals surface area contributed by atoms with Gasteiger partial charge in [-0.2, -0.15) is 0 Å². The van der Waals surface area contributed by atoms with Crippen LogP contribution in [-0.4, -0.2) is 80.5 Å². The minimum absolute atomic E-state index is 0.0100. The molecule has 4 amide bonds. The molecule has 0 saturated carbocycles. The van der Waals surface area contributed by atoms with E-state index in [0.29, 0.717) is 17.9 Å². The minimum atomic E-state index is -4.02. The van der Waals surface area contributed by atoms with E-state index in [4.69, 9.17) is 19.9 Å². The summed E-state index contributed by atoms with van der Waals surface area (Å²) in [7, 11) is -4.02. The topological polar surface area (TPSA) is 246 Å². The predicted molar refractivity (Wildman–Crippen MR) is 245 cm³/mol. The number of hydrogen-bond acceptors (Lipinski definition) is 11. The number of carbonyl (C=O) groups is 5. The summed E-state index contributed by atoms with van der Waals surface area (Å²) in [6.45, 7) is 9.97. The molecule has 0 aliphatic heterocycles. The fourth-order valence-electron chi connectivity index (χ4n) is 5.97. The molecule has 17 nitrogen and oxygen atoms in total. The molecule has 4 rings (SSSR count). The van der Waals surface area contributed by atoms with E-state index in [-0.39, 0.29) is 43.3 Å². The van der Waals surface area contributed by atoms with Crippen molar-refractivity contribution in [3.8, 4) is 5.75 Å². The van der Waals surface area contributed by atoms with E-state index in [1.807, 2.05) is 43.3 Å². The summed E-state index contributed by atoms with van der Waals surface area (Å²) in [4.78, 5) is 70.9. The lowest BCUT2D eigenvalue weighted by molar-refractivity contribution is -0.148. The molecular weight excluding hydrogens is 855 g/mol. The third kappa shape index (κ3) is 18.0. The second-order valence-corrected chi connectivity index (χ2v) is 17.9. The molecule has 0 fully saturated rings. The third-order valence-electron chi connectivity index (χ3n) is 9.44. The molecule has 4 aromatic rings. The molecule has 348 valence electrons. The Morgan fingerprint density at radius 1 is 0.677 bits per heavy atom. The number of carbonyl (C=O) groups excluding carboxylic acids is 5. The molecule has 0 heterocycles. The summed E-state index contributed by atoms with van der Waals surface area (Å²) in [6.07, 6.45) is -0.750. The number of amides is 4. The zero-order valence-electron chi connectivity index (χ0n) is 37.5. The van der Waals surface area contributed by atoms with Gasteiger partial charge in [0.15, 0.2) is 0 Å². The van der Waals surface area contributed by atoms with Crippen LogP contribution in [0.3, 0.4) is 0 Å². The first-order valence-corrected chi connectivity index (χ1v) is 22.5. The summed E-state index contributed by atoms with van der Waals surface area (Å²) in [5.41, 5.74) is 8.30. The van der Waals surface area contributed by atoms with Crippen LogP contribution in [0.15, 0.2) is 119 Å². The van der Waals surface area contributed by atoms with Crippen molar-refractivity contribution >= 4 is 45.8 Å². The Kier molecular flexibility index (Phi) is 18.9. The van der Waals surface area contributed by atoms with Crippen LogP contribution in [0.1, 0.15) is 69.7 Å². The summed E-state index contributed by atoms with van der Waals surface area (Å²) >= 11 is 0. The van der Waals surface area contributed by atoms with Crippen LogP contribution < -0.4 is 36.5 Å². The Bertz CT molecular complexity index is 2340. The van der Waals surface area contributed by atoms with Crippen LogP contribution in [0.25, 0.3) is 0 Å². The Balaban J connectivity index is 1.43. The van der Waals surface area contributed by atoms with E-state index in [9.17, 15) is 32.4 Å². The van der Waals surface area contributed by atoms with Gasteiger partial charge in [-0.05, 0) is 95.3 Å². The molecule has 4 aromatic carbocycles. The van der Waals surface area contributed by atoms with Crippen LogP contribution in [-0.2, 0) is 58.3 Å². The number of hydrogen-bond donors (Lipinski definition) is 6. The molecular formula is C47H59N7O10S. The summed E-state index contributed by atoms with van der Waals surface area (Å²) in [6, 6.07) is 27.0. The van der Waals surface area contributed by atoms with Gasteiger partial charge < -0.3 is 41.2 Å². The van der Waals surface area contributed by atoms with Crippen LogP contribution in [0.2, 0.25) is 0 Å². The second-order valence-electron chi connectivity index (χ2n) is 16.3. The first-order chi connectivity index (χ1) is 30.8. The van der Waals surface area contributed by atoms with E-state index in [0.717, 1.165) is 16.7 Å². The van der Waals surface area contributed by atoms with E-state index < -0.39 is 69.6 Å². The zero-order chi connectivity index (χ0) is 47.6. The monoisotopic (exact) mass is 913 g/mol. The minimum Gasteiger partial charge on any atom is -0.489 e. The van der Waals surface area contributed by atoms with Crippen molar-refractivity contribution in [3.05, 3.63) is 131 Å². The van der Waals surface area contributed by atoms with Crippen molar-refractivity contribution in [2.75, 3.05) is 6.54 Å². The first kappa shape index (κ1) is 50.7. The van der Waals surface area contributed by atoms with Crippen molar-refractivity contribution in [1.82, 2.24) is 26.0 Å². The number of rotatable bonds is 21. The van der Waals surface area contributed by atoms with Crippen molar-refractivity contribution in [2.24, 2.45) is 10.7 Å². The third-order valence-corrected chi connectivity index (χ3v) is 10.8. The van der Waals surface area contributed by atoms with Crippen LogP contribution in [0.4, 0.5) is 4.79 Å². The summed E-state index contributed by atoms with van der Waals surface area (Å²) in [5.74, 6) is -2.72. The number of nitrogens with one attached hydrogen (secondary N) is 5. The number of alkyl carbamates (subject to hydrolysis) is 1. The van der Waals surface area contributed by atoms with Gasteiger partial charge in [-0.25, -0.2) is 22.7 Å². The molecule has 0 aliphatic carbocycles. The second kappa shape index (κ2) is 24.2. The molecule has 0 unspecified atom stereocenters. The lowest BCUT2D eigenvalue weighted by Crippen LogP contribution is -2.57. The Morgan fingerprint density at radius 3 is 1.85 bits per heavy atom. The highest BCUT2D eigenvalue weighted by Gasteiger charge is 2.30. The van der Waals surface area contributed by atoms with Crippen LogP contribution in [0.5, 0.6) is 5.75 Å². The molecule has 65 heavy (non-hydrogen) atoms. The summed E-state index contributed by atoms with van der Waals surface area (Å²) < 4.78 is 44.4. The van der Waals surface area contributed by atoms with Crippen molar-refractivity contribution in [2.45, 2.75) is 109 Å². The normalized spacial score (nSPS) is 13.5. The quantitative estimate of drug-likeness (QED) is 0.0298. The fourth-order valence-corrected chi connectivity index (χ4v) is 6.92. The molecule has 0 bridgehead atoms. The lowest BCUT2D eigenvalue weighted by Gasteiger charge is -2.25. The largest absolute Gasteiger partial charge is 0.489 e. The molecule has 0 spiro atoms. The number of guanidine groups is 1. The number of aryl methyl sites for hydroxylation is 1. The van der Waals surface area contributed by atoms with Gasteiger partial charge in [0.25, 0.3) is 10.0 Å². The van der Waals surface area contributed by atoms with Crippen molar-refractivity contribution in [1.29, 1.82) is 0 Å². The molecule has 0 radical (unpaired) electrons. The maximum Gasteiger partial charge on any atom is 0.408 e. The number of benzene rings is 4. The number of nitrogens with two attached hydrogens (primary N) is 1. The van der Waals surface area contributed by atoms with Crippen molar-refractivity contribution < 1.29 is 46.6 Å². The number of sulfonamides is 1. The standard InChI is InChI=1S/C47H59N7O10S/c1-31-19-25-38(26-20-31)65(60,61)54-45(48)49-27-13-18-39(42(56)51-33(3)44(58)63-30-36-16-11-8-12-17-36)52-41(55)32(2)50-43(57)40(53-46(59)64-47(4,5)6)28-34-21-23-37(24-22-34)62-29-35-14-9-7-10-15-35/h7-12,14-17,19-26,32-33,39-40H,13,18,27-30H2,1-6H3,(H,50,57)(H,51,56)(H,52,55)(H,53,59)(H3,48,49,54)/t32-,33-,39+,40+/m1/s1. The van der Waals surface area contributed by atoms with E-state index in [2.05, 4.69) is 31.0 Å². The molecule has 7 N–H and O–H groups in total. The number of aliphatic imine (C=N–C) groups is 1. The fraction of sp³-hybridized carbons (Fsp3) is 0.362. The molecule has 4 atom stereocenters. The predicted octanol–water partition coefficient (Wildman–Crippen LogP) is 4.32. The van der Waals surface area contributed by atoms with Gasteiger partial charge in [0.05, 0.1) is 4.90 Å². The first-order valence-electron chi connectivity index (χ1n) is 21.0. The van der Waals surface area contributed by atoms with Crippen molar-refractivity contribution in [3.63, 3.8) is 0 Å². The zero-order valence-corrected chi connectivity index (χ0v) is 38.3. The smallest absolute Gasteiger partial charge is 0.408 e. The molecule has 0 aliphatic rings. The molecule has 0 saturated heterocycles. The SMILES string of the molecule is Cc1ccc(S(=O)(=O)NC(N)=NCCC[C@H](NC(=O)[C@@H](C)NC(=O)[C@H](Cc2ccc(OCc3ccccc3)cc2)NC(=O)OC(C)(C)C)C(=O)N[C@H](C)C(=O)OCc2ccccc2)cc1. The highest BCUT2D eigenvalue weighted by atomic mass is 32.2. The Hall–Kier alpha value is -6.95. The maximum atomic E-state index is 13.8. The van der Waals surface area contributed by atoms with Gasteiger partial charge in [0, 0.05) is 13.0 Å². The van der Waals surface area contributed by atoms with Crippen LogP contribution >= 0.6 is 0 Å². The van der Waals surface area contributed by atoms with E-state index in [1.54, 1.807) is 81.4 Å². The average molecular weight is 914 g/mol. The highest BCUT2D eigenvalue weighted by molar-refractivity contribution is 7.90. The van der Waals surface area contributed by atoms with E-state index in [1.165, 1.54) is 26.0 Å². The van der Waals surface area contributed by atoms with E-state index >= 15 is 0 Å². The maximum absolute atomic E-state index is 13.8. The number of nitrogens with zero attached hydrogens (tertiary/aromatic N) is 1. The van der Waals surface area contributed by atoms with Gasteiger partial charge >= 0.3 is 12.1 Å². The van der Waals surface area contributed by atoms with Gasteiger partial charge in [0.1, 0.15) is 48.7 Å². The van der Waals surface area contributed by atoms with Gasteiger partial charge in [-0.15, -0.1) is 0 Å². The number of ether oxygens (including phenoxy) is 3. The highest BCUT2D eigenvalue weighted by Crippen LogP contribution is 2.17. The molecule has 0 aromatic heterocycles. The lowest BCUT2D eigenvalue weighted by atomic mass is 10.0. The van der Waals surface area contributed by atoms with Gasteiger partial charge in [-0.3, -0.25) is 19.4 Å².